The summed E-state index contributed by atoms with van der Waals surface area (Å²) in [5, 5.41) is 8.68. The van der Waals surface area contributed by atoms with E-state index in [1.54, 1.807) is 16.7 Å². The Balaban J connectivity index is 1.37. The van der Waals surface area contributed by atoms with Gasteiger partial charge in [-0.05, 0) is 50.2 Å². The summed E-state index contributed by atoms with van der Waals surface area (Å²) in [6, 6.07) is 22.0. The molecule has 1 aliphatic rings. The molecule has 5 rings (SSSR count). The number of carbonyl (C=O) groups is 1. The van der Waals surface area contributed by atoms with Crippen LogP contribution in [0.1, 0.15) is 11.1 Å². The van der Waals surface area contributed by atoms with Gasteiger partial charge in [0.15, 0.2) is 0 Å². The lowest BCUT2D eigenvalue weighted by molar-refractivity contribution is -0.115. The fourth-order valence-corrected chi connectivity index (χ4v) is 5.31. The summed E-state index contributed by atoms with van der Waals surface area (Å²) >= 11 is 2.94. The number of carbonyl (C=O) groups excluding carboxylic acids is 1. The summed E-state index contributed by atoms with van der Waals surface area (Å²) in [7, 11) is 0. The first kappa shape index (κ1) is 19.9. The lowest BCUT2D eigenvalue weighted by Gasteiger charge is -2.30. The lowest BCUT2D eigenvalue weighted by atomic mass is 10.1. The topological polar surface area (TPSA) is 59.2 Å². The summed E-state index contributed by atoms with van der Waals surface area (Å²) in [5.41, 5.74) is 4.96. The maximum Gasteiger partial charge on any atom is 0.277 e. The van der Waals surface area contributed by atoms with Crippen LogP contribution in [0.2, 0.25) is 0 Å². The van der Waals surface area contributed by atoms with Gasteiger partial charge in [-0.1, -0.05) is 65.0 Å². The van der Waals surface area contributed by atoms with E-state index >= 15 is 0 Å². The van der Waals surface area contributed by atoms with Crippen LogP contribution < -0.4 is 4.90 Å². The van der Waals surface area contributed by atoms with Crippen molar-refractivity contribution in [2.45, 2.75) is 28.9 Å². The molecule has 0 N–H and O–H groups in total. The number of hydrogen-bond acceptors (Lipinski definition) is 6. The number of nitrogens with zero attached hydrogens (tertiary/aromatic N) is 3. The Bertz CT molecular complexity index is 1220. The highest BCUT2D eigenvalue weighted by atomic mass is 32.2. The number of hydrogen-bond donors (Lipinski definition) is 0. The number of anilines is 2. The minimum absolute atomic E-state index is 0.0312. The Morgan fingerprint density at radius 2 is 1.55 bits per heavy atom. The van der Waals surface area contributed by atoms with E-state index in [0.29, 0.717) is 11.1 Å². The predicted molar refractivity (Wildman–Crippen MR) is 124 cm³/mol. The van der Waals surface area contributed by atoms with E-state index in [4.69, 9.17) is 4.42 Å². The zero-order valence-corrected chi connectivity index (χ0v) is 18.7. The normalized spacial score (nSPS) is 12.4. The molecular formula is C24H19N3O2S2. The van der Waals surface area contributed by atoms with Gasteiger partial charge in [0.25, 0.3) is 5.22 Å². The number of aromatic nitrogens is 2. The molecule has 154 valence electrons. The zero-order valence-electron chi connectivity index (χ0n) is 17.0. The predicted octanol–water partition coefficient (Wildman–Crippen LogP) is 6.28. The second kappa shape index (κ2) is 8.24. The third kappa shape index (κ3) is 3.98. The molecule has 0 bridgehead atoms. The summed E-state index contributed by atoms with van der Waals surface area (Å²) in [6.45, 7) is 4.07. The Kier molecular flexibility index (Phi) is 5.29. The van der Waals surface area contributed by atoms with Gasteiger partial charge in [0.2, 0.25) is 11.8 Å². The van der Waals surface area contributed by atoms with Crippen LogP contribution in [0.15, 0.2) is 86.2 Å². The summed E-state index contributed by atoms with van der Waals surface area (Å²) in [6.07, 6.45) is 0. The quantitative estimate of drug-likeness (QED) is 0.345. The molecule has 3 aromatic carbocycles. The lowest BCUT2D eigenvalue weighted by Crippen LogP contribution is -2.29. The van der Waals surface area contributed by atoms with Crippen molar-refractivity contribution in [3.05, 3.63) is 77.9 Å². The largest absolute Gasteiger partial charge is 0.411 e. The smallest absolute Gasteiger partial charge is 0.277 e. The molecule has 5 nitrogen and oxygen atoms in total. The molecule has 2 heterocycles. The summed E-state index contributed by atoms with van der Waals surface area (Å²) in [5.74, 6) is 0.630. The Morgan fingerprint density at radius 1 is 0.935 bits per heavy atom. The summed E-state index contributed by atoms with van der Waals surface area (Å²) < 4.78 is 5.82. The number of aryl methyl sites for hydroxylation is 2. The van der Waals surface area contributed by atoms with Gasteiger partial charge in [-0.2, -0.15) is 0 Å². The minimum Gasteiger partial charge on any atom is -0.411 e. The first-order valence-electron chi connectivity index (χ1n) is 9.82. The number of thioether (sulfide) groups is 1. The van der Waals surface area contributed by atoms with Crippen molar-refractivity contribution in [1.29, 1.82) is 0 Å². The third-order valence-electron chi connectivity index (χ3n) is 4.88. The summed E-state index contributed by atoms with van der Waals surface area (Å²) in [4.78, 5) is 17.2. The molecule has 0 saturated heterocycles. The van der Waals surface area contributed by atoms with Crippen molar-refractivity contribution >= 4 is 40.8 Å². The van der Waals surface area contributed by atoms with Crippen LogP contribution >= 0.6 is 23.5 Å². The maximum atomic E-state index is 13.3. The van der Waals surface area contributed by atoms with Crippen molar-refractivity contribution in [2.24, 2.45) is 0 Å². The van der Waals surface area contributed by atoms with E-state index < -0.39 is 0 Å². The van der Waals surface area contributed by atoms with Crippen LogP contribution in [0.25, 0.3) is 11.5 Å². The Hall–Kier alpha value is -3.03. The highest BCUT2D eigenvalue weighted by molar-refractivity contribution is 8.00. The van der Waals surface area contributed by atoms with Crippen LogP contribution in [0, 0.1) is 13.8 Å². The van der Waals surface area contributed by atoms with Crippen molar-refractivity contribution in [3.8, 4) is 11.5 Å². The second-order valence-electron chi connectivity index (χ2n) is 7.30. The second-order valence-corrected chi connectivity index (χ2v) is 9.32. The fourth-order valence-electron chi connectivity index (χ4n) is 3.64. The van der Waals surface area contributed by atoms with Crippen LogP contribution in [-0.4, -0.2) is 21.9 Å². The van der Waals surface area contributed by atoms with Gasteiger partial charge in [0.1, 0.15) is 0 Å². The molecule has 0 fully saturated rings. The van der Waals surface area contributed by atoms with Gasteiger partial charge >= 0.3 is 0 Å². The van der Waals surface area contributed by atoms with Gasteiger partial charge < -0.3 is 4.42 Å². The Labute approximate surface area is 188 Å². The van der Waals surface area contributed by atoms with Crippen LogP contribution in [0.4, 0.5) is 11.4 Å². The zero-order chi connectivity index (χ0) is 21.4. The highest BCUT2D eigenvalue weighted by Gasteiger charge is 2.28. The van der Waals surface area contributed by atoms with Gasteiger partial charge in [0.05, 0.1) is 17.1 Å². The molecule has 0 radical (unpaired) electrons. The molecule has 1 amide bonds. The monoisotopic (exact) mass is 445 g/mol. The molecule has 0 saturated carbocycles. The van der Waals surface area contributed by atoms with Gasteiger partial charge in [-0.25, -0.2) is 0 Å². The Morgan fingerprint density at radius 3 is 2.19 bits per heavy atom. The number of amides is 1. The third-order valence-corrected chi connectivity index (χ3v) is 6.81. The van der Waals surface area contributed by atoms with Crippen molar-refractivity contribution < 1.29 is 9.21 Å². The van der Waals surface area contributed by atoms with Gasteiger partial charge in [0, 0.05) is 15.4 Å². The molecule has 0 aliphatic carbocycles. The molecule has 0 unspecified atom stereocenters. The first-order valence-corrected chi connectivity index (χ1v) is 11.6. The van der Waals surface area contributed by atoms with E-state index in [1.807, 2.05) is 74.5 Å². The number of para-hydroxylation sites is 2. The van der Waals surface area contributed by atoms with Crippen molar-refractivity contribution in [3.63, 3.8) is 0 Å². The molecule has 0 spiro atoms. The van der Waals surface area contributed by atoms with Crippen LogP contribution in [-0.2, 0) is 4.79 Å². The maximum absolute atomic E-state index is 13.3. The minimum atomic E-state index is -0.0312. The highest BCUT2D eigenvalue weighted by Crippen LogP contribution is 2.48. The fraction of sp³-hybridized carbons (Fsp3) is 0.125. The number of benzene rings is 3. The van der Waals surface area contributed by atoms with E-state index in [1.165, 1.54) is 11.8 Å². The van der Waals surface area contributed by atoms with Crippen LogP contribution in [0.5, 0.6) is 0 Å². The molecule has 0 atom stereocenters. The molecule has 1 aliphatic heterocycles. The SMILES string of the molecule is Cc1cc(C)cc(-c2nnc(SCC(=O)N3c4ccccc4Sc4ccccc43)o2)c1. The van der Waals surface area contributed by atoms with Gasteiger partial charge in [-0.15, -0.1) is 10.2 Å². The van der Waals surface area contributed by atoms with E-state index in [9.17, 15) is 4.79 Å². The molecule has 31 heavy (non-hydrogen) atoms. The van der Waals surface area contributed by atoms with E-state index in [2.05, 4.69) is 16.3 Å². The number of fused-ring (bicyclic) bond motifs is 2. The standard InChI is InChI=1S/C24H19N3O2S2/c1-15-11-16(2)13-17(12-15)23-25-26-24(29-23)30-14-22(28)27-18-7-3-5-9-20(18)31-21-10-6-4-8-19(21)27/h3-13H,14H2,1-2H3. The van der Waals surface area contributed by atoms with Gasteiger partial charge in [-0.3, -0.25) is 9.69 Å². The van der Waals surface area contributed by atoms with Crippen molar-refractivity contribution in [1.82, 2.24) is 10.2 Å². The van der Waals surface area contributed by atoms with E-state index in [-0.39, 0.29) is 11.7 Å². The van der Waals surface area contributed by atoms with E-state index in [0.717, 1.165) is 37.9 Å². The average molecular weight is 446 g/mol. The molecule has 1 aromatic heterocycles. The number of rotatable bonds is 4. The average Bonchev–Trinajstić information content (AvgIpc) is 3.24. The molecule has 4 aromatic rings. The van der Waals surface area contributed by atoms with Crippen molar-refractivity contribution in [2.75, 3.05) is 10.7 Å². The van der Waals surface area contributed by atoms with Crippen LogP contribution in [0.3, 0.4) is 0 Å². The first-order chi connectivity index (χ1) is 15.1. The molecule has 7 heteroatoms. The molecular weight excluding hydrogens is 426 g/mol.